The maximum atomic E-state index is 12.0. The standard InChI is InChI=1S/C19H24N2O3S2/c1-21(2)26(23,24)18-12-10-17(11-13-18)20-19(22)15-25-14-6-9-16-7-4-3-5-8-16/h3-5,7-8,10-13H,6,9,14-15H2,1-2H3,(H,20,22). The summed E-state index contributed by atoms with van der Waals surface area (Å²) in [4.78, 5) is 12.2. The van der Waals surface area contributed by atoms with Crippen LogP contribution in [0.4, 0.5) is 5.69 Å². The number of hydrogen-bond donors (Lipinski definition) is 1. The van der Waals surface area contributed by atoms with Crippen molar-refractivity contribution in [1.29, 1.82) is 0 Å². The molecule has 1 amide bonds. The quantitative estimate of drug-likeness (QED) is 0.665. The van der Waals surface area contributed by atoms with Gasteiger partial charge in [-0.2, -0.15) is 11.8 Å². The first-order chi connectivity index (χ1) is 12.4. The van der Waals surface area contributed by atoms with Crippen LogP contribution in [0.15, 0.2) is 59.5 Å². The zero-order valence-corrected chi connectivity index (χ0v) is 16.6. The van der Waals surface area contributed by atoms with Crippen LogP contribution in [-0.2, 0) is 21.2 Å². The second-order valence-electron chi connectivity index (χ2n) is 6.00. The summed E-state index contributed by atoms with van der Waals surface area (Å²) in [5.74, 6) is 1.22. The number of aryl methyl sites for hydroxylation is 1. The summed E-state index contributed by atoms with van der Waals surface area (Å²) < 4.78 is 25.2. The summed E-state index contributed by atoms with van der Waals surface area (Å²) >= 11 is 1.60. The number of benzene rings is 2. The first-order valence-corrected chi connectivity index (χ1v) is 10.9. The molecule has 0 spiro atoms. The number of nitrogens with zero attached hydrogens (tertiary/aromatic N) is 1. The highest BCUT2D eigenvalue weighted by molar-refractivity contribution is 7.99. The zero-order valence-electron chi connectivity index (χ0n) is 15.0. The molecule has 1 N–H and O–H groups in total. The minimum atomic E-state index is -3.45. The van der Waals surface area contributed by atoms with Crippen LogP contribution in [0.3, 0.4) is 0 Å². The monoisotopic (exact) mass is 392 g/mol. The lowest BCUT2D eigenvalue weighted by Gasteiger charge is -2.12. The van der Waals surface area contributed by atoms with Crippen LogP contribution in [0.1, 0.15) is 12.0 Å². The van der Waals surface area contributed by atoms with E-state index in [0.29, 0.717) is 11.4 Å². The highest BCUT2D eigenvalue weighted by atomic mass is 32.2. The average molecular weight is 393 g/mol. The van der Waals surface area contributed by atoms with Crippen molar-refractivity contribution in [2.24, 2.45) is 0 Å². The molecule has 0 aliphatic carbocycles. The smallest absolute Gasteiger partial charge is 0.242 e. The van der Waals surface area contributed by atoms with Crippen molar-refractivity contribution in [2.45, 2.75) is 17.7 Å². The van der Waals surface area contributed by atoms with Crippen LogP contribution in [0.25, 0.3) is 0 Å². The third-order valence-corrected chi connectivity index (χ3v) is 6.62. The van der Waals surface area contributed by atoms with Gasteiger partial charge in [-0.1, -0.05) is 30.3 Å². The van der Waals surface area contributed by atoms with E-state index in [9.17, 15) is 13.2 Å². The average Bonchev–Trinajstić information content (AvgIpc) is 2.62. The zero-order chi connectivity index (χ0) is 19.0. The molecular formula is C19H24N2O3S2. The maximum Gasteiger partial charge on any atom is 0.242 e. The number of hydrogen-bond acceptors (Lipinski definition) is 4. The fourth-order valence-electron chi connectivity index (χ4n) is 2.31. The van der Waals surface area contributed by atoms with E-state index in [1.165, 1.54) is 31.8 Å². The van der Waals surface area contributed by atoms with Gasteiger partial charge in [0, 0.05) is 19.8 Å². The maximum absolute atomic E-state index is 12.0. The van der Waals surface area contributed by atoms with Gasteiger partial charge in [-0.15, -0.1) is 0 Å². The summed E-state index contributed by atoms with van der Waals surface area (Å²) in [6.07, 6.45) is 2.04. The molecule has 0 aliphatic rings. The predicted molar refractivity (Wildman–Crippen MR) is 108 cm³/mol. The van der Waals surface area contributed by atoms with Gasteiger partial charge in [0.2, 0.25) is 15.9 Å². The number of nitrogens with one attached hydrogen (secondary N) is 1. The topological polar surface area (TPSA) is 66.5 Å². The molecule has 0 saturated heterocycles. The number of rotatable bonds is 9. The third-order valence-electron chi connectivity index (χ3n) is 3.75. The largest absolute Gasteiger partial charge is 0.325 e. The Labute approximate surface area is 159 Å². The van der Waals surface area contributed by atoms with Crippen molar-refractivity contribution in [2.75, 3.05) is 30.9 Å². The molecule has 0 radical (unpaired) electrons. The van der Waals surface area contributed by atoms with Gasteiger partial charge in [-0.25, -0.2) is 12.7 Å². The normalized spacial score (nSPS) is 11.5. The van der Waals surface area contributed by atoms with E-state index in [1.54, 1.807) is 23.9 Å². The lowest BCUT2D eigenvalue weighted by atomic mass is 10.1. The van der Waals surface area contributed by atoms with Gasteiger partial charge < -0.3 is 5.32 Å². The second-order valence-corrected chi connectivity index (χ2v) is 9.26. The van der Waals surface area contributed by atoms with Crippen LogP contribution >= 0.6 is 11.8 Å². The van der Waals surface area contributed by atoms with Gasteiger partial charge in [0.05, 0.1) is 10.6 Å². The molecule has 0 unspecified atom stereocenters. The highest BCUT2D eigenvalue weighted by Gasteiger charge is 2.16. The van der Waals surface area contributed by atoms with Crippen LogP contribution in [0, 0.1) is 0 Å². The molecule has 7 heteroatoms. The molecule has 0 heterocycles. The molecule has 0 aromatic heterocycles. The van der Waals surface area contributed by atoms with Crippen LogP contribution in [-0.4, -0.2) is 44.2 Å². The Bertz CT molecular complexity index is 804. The van der Waals surface area contributed by atoms with Gasteiger partial charge in [-0.05, 0) is 48.4 Å². The Kier molecular flexibility index (Phi) is 7.68. The first-order valence-electron chi connectivity index (χ1n) is 8.34. The number of carbonyl (C=O) groups is 1. The Morgan fingerprint density at radius 1 is 1.04 bits per heavy atom. The molecular weight excluding hydrogens is 368 g/mol. The molecule has 26 heavy (non-hydrogen) atoms. The Morgan fingerprint density at radius 3 is 2.31 bits per heavy atom. The van der Waals surface area contributed by atoms with Crippen LogP contribution in [0.5, 0.6) is 0 Å². The summed E-state index contributed by atoms with van der Waals surface area (Å²) in [5.41, 5.74) is 1.91. The van der Waals surface area contributed by atoms with Gasteiger partial charge in [-0.3, -0.25) is 4.79 Å². The van der Waals surface area contributed by atoms with Crippen LogP contribution < -0.4 is 5.32 Å². The van der Waals surface area contributed by atoms with E-state index >= 15 is 0 Å². The van der Waals surface area contributed by atoms with Gasteiger partial charge in [0.1, 0.15) is 0 Å². The lowest BCUT2D eigenvalue weighted by molar-refractivity contribution is -0.113. The van der Waals surface area contributed by atoms with E-state index in [2.05, 4.69) is 17.4 Å². The Hall–Kier alpha value is -1.83. The molecule has 140 valence electrons. The Morgan fingerprint density at radius 2 is 1.69 bits per heavy atom. The molecule has 0 atom stereocenters. The van der Waals surface area contributed by atoms with Crippen molar-refractivity contribution >= 4 is 33.4 Å². The van der Waals surface area contributed by atoms with Crippen molar-refractivity contribution in [1.82, 2.24) is 4.31 Å². The van der Waals surface area contributed by atoms with E-state index in [-0.39, 0.29) is 10.8 Å². The molecule has 2 rings (SSSR count). The number of sulfonamides is 1. The Balaban J connectivity index is 1.72. The number of carbonyl (C=O) groups excluding carboxylic acids is 1. The molecule has 0 fully saturated rings. The molecule has 2 aromatic rings. The van der Waals surface area contributed by atoms with E-state index in [0.717, 1.165) is 22.9 Å². The minimum absolute atomic E-state index is 0.0853. The molecule has 0 aliphatic heterocycles. The molecule has 0 saturated carbocycles. The third kappa shape index (κ3) is 6.16. The molecule has 2 aromatic carbocycles. The van der Waals surface area contributed by atoms with Crippen LogP contribution in [0.2, 0.25) is 0 Å². The van der Waals surface area contributed by atoms with Gasteiger partial charge >= 0.3 is 0 Å². The lowest BCUT2D eigenvalue weighted by Crippen LogP contribution is -2.22. The fraction of sp³-hybridized carbons (Fsp3) is 0.316. The molecule has 5 nitrogen and oxygen atoms in total. The summed E-state index contributed by atoms with van der Waals surface area (Å²) in [6.45, 7) is 0. The van der Waals surface area contributed by atoms with E-state index in [1.807, 2.05) is 18.2 Å². The summed E-state index contributed by atoms with van der Waals surface area (Å²) in [6, 6.07) is 16.5. The fourth-order valence-corrected chi connectivity index (χ4v) is 3.96. The number of amides is 1. The second kappa shape index (κ2) is 9.75. The minimum Gasteiger partial charge on any atom is -0.325 e. The highest BCUT2D eigenvalue weighted by Crippen LogP contribution is 2.17. The van der Waals surface area contributed by atoms with Crippen molar-refractivity contribution < 1.29 is 13.2 Å². The first kappa shape index (κ1) is 20.5. The van der Waals surface area contributed by atoms with Gasteiger partial charge in [0.25, 0.3) is 0 Å². The van der Waals surface area contributed by atoms with Gasteiger partial charge in [0.15, 0.2) is 0 Å². The van der Waals surface area contributed by atoms with E-state index in [4.69, 9.17) is 0 Å². The summed E-state index contributed by atoms with van der Waals surface area (Å²) in [5, 5.41) is 2.79. The van der Waals surface area contributed by atoms with E-state index < -0.39 is 10.0 Å². The predicted octanol–water partition coefficient (Wildman–Crippen LogP) is 3.24. The molecule has 0 bridgehead atoms. The van der Waals surface area contributed by atoms with Crippen molar-refractivity contribution in [3.63, 3.8) is 0 Å². The number of anilines is 1. The SMILES string of the molecule is CN(C)S(=O)(=O)c1ccc(NC(=O)CSCCCc2ccccc2)cc1. The summed E-state index contributed by atoms with van der Waals surface area (Å²) in [7, 11) is -0.477. The van der Waals surface area contributed by atoms with Crippen molar-refractivity contribution in [3.05, 3.63) is 60.2 Å². The number of thioether (sulfide) groups is 1. The van der Waals surface area contributed by atoms with Crippen molar-refractivity contribution in [3.8, 4) is 0 Å².